The quantitative estimate of drug-likeness (QED) is 0.648. The van der Waals surface area contributed by atoms with Crippen LogP contribution in [0.25, 0.3) is 12.2 Å². The van der Waals surface area contributed by atoms with E-state index in [0.29, 0.717) is 0 Å². The van der Waals surface area contributed by atoms with Gasteiger partial charge in [0.15, 0.2) is 0 Å². The Morgan fingerprint density at radius 2 is 1.35 bits per heavy atom. The van der Waals surface area contributed by atoms with Crippen LogP contribution in [0.15, 0.2) is 42.5 Å². The second kappa shape index (κ2) is 4.94. The maximum Gasteiger partial charge on any atom is -0.0132 e. The van der Waals surface area contributed by atoms with Crippen LogP contribution in [0.3, 0.4) is 0 Å². The smallest absolute Gasteiger partial charge is 0.0132 e. The first-order valence-electron chi connectivity index (χ1n) is 7.43. The van der Waals surface area contributed by atoms with Crippen LogP contribution in [0.2, 0.25) is 0 Å². The molecule has 0 unspecified atom stereocenters. The fourth-order valence-electron chi connectivity index (χ4n) is 2.61. The molecule has 0 spiro atoms. The Morgan fingerprint density at radius 1 is 0.750 bits per heavy atom. The molecule has 0 saturated heterocycles. The summed E-state index contributed by atoms with van der Waals surface area (Å²) in [5, 5.41) is 0. The predicted molar refractivity (Wildman–Crippen MR) is 87.9 cm³/mol. The number of aryl methyl sites for hydroxylation is 2. The van der Waals surface area contributed by atoms with E-state index in [4.69, 9.17) is 0 Å². The minimum Gasteiger partial charge on any atom is -0.0582 e. The summed E-state index contributed by atoms with van der Waals surface area (Å²) in [5.41, 5.74) is 7.23. The molecule has 0 aromatic heterocycles. The Morgan fingerprint density at radius 3 is 1.90 bits per heavy atom. The van der Waals surface area contributed by atoms with E-state index in [-0.39, 0.29) is 5.41 Å². The monoisotopic (exact) mass is 262 g/mol. The largest absolute Gasteiger partial charge is 0.0582 e. The number of hydrogen-bond acceptors (Lipinski definition) is 0. The van der Waals surface area contributed by atoms with Gasteiger partial charge in [-0.3, -0.25) is 0 Å². The third kappa shape index (κ3) is 2.70. The lowest BCUT2D eigenvalue weighted by Gasteiger charge is -2.19. The molecule has 0 heterocycles. The Balaban J connectivity index is 1.76. The third-order valence-electron chi connectivity index (χ3n) is 4.14. The van der Waals surface area contributed by atoms with Gasteiger partial charge in [0.1, 0.15) is 0 Å². The van der Waals surface area contributed by atoms with Crippen molar-refractivity contribution in [3.8, 4) is 0 Å². The maximum atomic E-state index is 2.32. The molecular weight excluding hydrogens is 240 g/mol. The molecule has 0 aliphatic heterocycles. The van der Waals surface area contributed by atoms with Crippen molar-refractivity contribution in [3.05, 3.63) is 70.3 Å². The summed E-state index contributed by atoms with van der Waals surface area (Å²) in [6.07, 6.45) is 6.92. The summed E-state index contributed by atoms with van der Waals surface area (Å²) in [5.74, 6) is 0. The molecule has 0 radical (unpaired) electrons. The predicted octanol–water partition coefficient (Wildman–Crippen LogP) is 5.25. The molecule has 3 rings (SSSR count). The highest BCUT2D eigenvalue weighted by atomic mass is 14.2. The van der Waals surface area contributed by atoms with Crippen molar-refractivity contribution in [1.82, 2.24) is 0 Å². The summed E-state index contributed by atoms with van der Waals surface area (Å²) >= 11 is 0. The minimum absolute atomic E-state index is 0.226. The van der Waals surface area contributed by atoms with Crippen LogP contribution in [-0.2, 0) is 18.3 Å². The van der Waals surface area contributed by atoms with Gasteiger partial charge in [-0.15, -0.1) is 0 Å². The van der Waals surface area contributed by atoms with E-state index in [1.54, 1.807) is 0 Å². The molecule has 0 amide bonds. The van der Waals surface area contributed by atoms with E-state index in [1.165, 1.54) is 40.7 Å². The van der Waals surface area contributed by atoms with E-state index in [9.17, 15) is 0 Å². The van der Waals surface area contributed by atoms with E-state index < -0.39 is 0 Å². The van der Waals surface area contributed by atoms with Crippen molar-refractivity contribution in [3.63, 3.8) is 0 Å². The molecule has 2 aromatic rings. The molecule has 2 aromatic carbocycles. The second-order valence-electron chi connectivity index (χ2n) is 6.73. The SMILES string of the molecule is CC(C)(C)c1ccc(C=Cc2ccc3c(c2)CC3)cc1. The van der Waals surface area contributed by atoms with Crippen molar-refractivity contribution < 1.29 is 0 Å². The first kappa shape index (κ1) is 13.2. The lowest BCUT2D eigenvalue weighted by Crippen LogP contribution is -2.10. The van der Waals surface area contributed by atoms with Gasteiger partial charge in [0.2, 0.25) is 0 Å². The molecular formula is C20H22. The average Bonchev–Trinajstić information content (AvgIpc) is 2.38. The molecule has 102 valence electrons. The second-order valence-corrected chi connectivity index (χ2v) is 6.73. The van der Waals surface area contributed by atoms with Crippen LogP contribution in [0.4, 0.5) is 0 Å². The minimum atomic E-state index is 0.226. The molecule has 1 aliphatic carbocycles. The molecule has 0 nitrogen and oxygen atoms in total. The molecule has 0 atom stereocenters. The lowest BCUT2D eigenvalue weighted by molar-refractivity contribution is 0.590. The first-order valence-corrected chi connectivity index (χ1v) is 7.43. The van der Waals surface area contributed by atoms with Crippen LogP contribution < -0.4 is 0 Å². The van der Waals surface area contributed by atoms with Gasteiger partial charge in [0, 0.05) is 0 Å². The van der Waals surface area contributed by atoms with Gasteiger partial charge in [0.05, 0.1) is 0 Å². The average molecular weight is 262 g/mol. The standard InChI is InChI=1S/C20H22/c1-20(2,3)19-12-7-15(8-13-19)4-5-16-6-9-17-10-11-18(17)14-16/h4-9,12-14H,10-11H2,1-3H3. The van der Waals surface area contributed by atoms with Crippen LogP contribution >= 0.6 is 0 Å². The Labute approximate surface area is 122 Å². The van der Waals surface area contributed by atoms with Gasteiger partial charge in [-0.05, 0) is 46.1 Å². The van der Waals surface area contributed by atoms with Crippen LogP contribution in [-0.4, -0.2) is 0 Å². The molecule has 0 heteroatoms. The van der Waals surface area contributed by atoms with Crippen molar-refractivity contribution in [2.24, 2.45) is 0 Å². The summed E-state index contributed by atoms with van der Waals surface area (Å²) < 4.78 is 0. The topological polar surface area (TPSA) is 0 Å². The zero-order valence-electron chi connectivity index (χ0n) is 12.6. The Bertz CT molecular complexity index is 637. The Kier molecular flexibility index (Phi) is 3.25. The number of fused-ring (bicyclic) bond motifs is 1. The van der Waals surface area contributed by atoms with Crippen LogP contribution in [0.1, 0.15) is 48.6 Å². The molecule has 0 saturated carbocycles. The van der Waals surface area contributed by atoms with Crippen LogP contribution in [0, 0.1) is 0 Å². The van der Waals surface area contributed by atoms with Gasteiger partial charge in [-0.1, -0.05) is 75.4 Å². The zero-order chi connectivity index (χ0) is 14.2. The van der Waals surface area contributed by atoms with E-state index >= 15 is 0 Å². The van der Waals surface area contributed by atoms with Gasteiger partial charge < -0.3 is 0 Å². The maximum absolute atomic E-state index is 2.32. The molecule has 0 fully saturated rings. The van der Waals surface area contributed by atoms with Crippen molar-refractivity contribution in [2.45, 2.75) is 39.0 Å². The molecule has 0 bridgehead atoms. The van der Waals surface area contributed by atoms with Crippen molar-refractivity contribution in [1.29, 1.82) is 0 Å². The lowest BCUT2D eigenvalue weighted by atomic mass is 9.86. The first-order chi connectivity index (χ1) is 9.52. The fourth-order valence-corrected chi connectivity index (χ4v) is 2.61. The molecule has 1 aliphatic rings. The van der Waals surface area contributed by atoms with Gasteiger partial charge in [-0.2, -0.15) is 0 Å². The summed E-state index contributed by atoms with van der Waals surface area (Å²) in [7, 11) is 0. The van der Waals surface area contributed by atoms with Crippen LogP contribution in [0.5, 0.6) is 0 Å². The highest BCUT2D eigenvalue weighted by Gasteiger charge is 2.13. The summed E-state index contributed by atoms with van der Waals surface area (Å²) in [6.45, 7) is 6.75. The van der Waals surface area contributed by atoms with E-state index in [1.807, 2.05) is 0 Å². The molecule has 20 heavy (non-hydrogen) atoms. The van der Waals surface area contributed by atoms with E-state index in [0.717, 1.165) is 0 Å². The van der Waals surface area contributed by atoms with Crippen molar-refractivity contribution >= 4 is 12.2 Å². The van der Waals surface area contributed by atoms with Crippen molar-refractivity contribution in [2.75, 3.05) is 0 Å². The molecule has 0 N–H and O–H groups in total. The number of rotatable bonds is 2. The highest BCUT2D eigenvalue weighted by Crippen LogP contribution is 2.25. The highest BCUT2D eigenvalue weighted by molar-refractivity contribution is 5.70. The summed E-state index contributed by atoms with van der Waals surface area (Å²) in [6, 6.07) is 15.7. The van der Waals surface area contributed by atoms with Gasteiger partial charge in [0.25, 0.3) is 0 Å². The normalized spacial score (nSPS) is 14.2. The summed E-state index contributed by atoms with van der Waals surface area (Å²) in [4.78, 5) is 0. The van der Waals surface area contributed by atoms with E-state index in [2.05, 4.69) is 75.4 Å². The van der Waals surface area contributed by atoms with Gasteiger partial charge >= 0.3 is 0 Å². The fraction of sp³-hybridized carbons (Fsp3) is 0.300. The Hall–Kier alpha value is -1.82. The number of hydrogen-bond donors (Lipinski definition) is 0. The zero-order valence-corrected chi connectivity index (χ0v) is 12.6. The third-order valence-corrected chi connectivity index (χ3v) is 4.14. The van der Waals surface area contributed by atoms with Gasteiger partial charge in [-0.25, -0.2) is 0 Å². The number of benzene rings is 2.